The maximum absolute atomic E-state index is 4.98. The van der Waals surface area contributed by atoms with E-state index >= 15 is 0 Å². The predicted molar refractivity (Wildman–Crippen MR) is 103 cm³/mol. The van der Waals surface area contributed by atoms with Gasteiger partial charge in [-0.05, 0) is 34.9 Å². The minimum Gasteiger partial charge on any atom is -0.252 e. The molecule has 0 amide bonds. The first-order valence-electron chi connectivity index (χ1n) is 8.07. The van der Waals surface area contributed by atoms with Crippen LogP contribution in [0.3, 0.4) is 0 Å². The highest BCUT2D eigenvalue weighted by atomic mass is 79.9. The second-order valence-electron chi connectivity index (χ2n) is 6.17. The normalized spacial score (nSPS) is 12.2. The Kier molecular flexibility index (Phi) is 3.07. The van der Waals surface area contributed by atoms with Gasteiger partial charge in [-0.2, -0.15) is 0 Å². The van der Waals surface area contributed by atoms with Gasteiger partial charge in [0.2, 0.25) is 0 Å². The summed E-state index contributed by atoms with van der Waals surface area (Å²) in [4.78, 5) is 4.98. The van der Waals surface area contributed by atoms with Gasteiger partial charge in [0.15, 0.2) is 0 Å². The van der Waals surface area contributed by atoms with Crippen LogP contribution >= 0.6 is 15.9 Å². The SMILES string of the molecule is Brc1ccc2nc3c(c(-c4ccccc4)c2c1)-c1ccccc1C3. The van der Waals surface area contributed by atoms with Crippen LogP contribution in [-0.4, -0.2) is 4.98 Å². The van der Waals surface area contributed by atoms with E-state index in [1.54, 1.807) is 0 Å². The topological polar surface area (TPSA) is 12.9 Å². The zero-order valence-electron chi connectivity index (χ0n) is 13.0. The molecule has 2 heteroatoms. The molecule has 0 aliphatic heterocycles. The summed E-state index contributed by atoms with van der Waals surface area (Å²) in [5, 5.41) is 1.20. The summed E-state index contributed by atoms with van der Waals surface area (Å²) in [7, 11) is 0. The van der Waals surface area contributed by atoms with Crippen LogP contribution in [0.2, 0.25) is 0 Å². The Morgan fingerprint density at radius 2 is 1.58 bits per heavy atom. The maximum atomic E-state index is 4.98. The van der Waals surface area contributed by atoms with E-state index in [0.29, 0.717) is 0 Å². The van der Waals surface area contributed by atoms with E-state index < -0.39 is 0 Å². The van der Waals surface area contributed by atoms with Crippen molar-refractivity contribution < 1.29 is 0 Å². The third-order valence-corrected chi connectivity index (χ3v) is 5.22. The van der Waals surface area contributed by atoms with Gasteiger partial charge in [-0.3, -0.25) is 4.98 Å². The number of fused-ring (bicyclic) bond motifs is 4. The van der Waals surface area contributed by atoms with Crippen LogP contribution in [0.4, 0.5) is 0 Å². The maximum Gasteiger partial charge on any atom is 0.0712 e. The van der Waals surface area contributed by atoms with Gasteiger partial charge < -0.3 is 0 Å². The summed E-state index contributed by atoms with van der Waals surface area (Å²) in [6.45, 7) is 0. The van der Waals surface area contributed by atoms with Gasteiger partial charge in [0.05, 0.1) is 11.2 Å². The molecule has 0 bridgehead atoms. The molecule has 5 rings (SSSR count). The van der Waals surface area contributed by atoms with Crippen molar-refractivity contribution in [2.24, 2.45) is 0 Å². The Morgan fingerprint density at radius 1 is 0.792 bits per heavy atom. The molecule has 24 heavy (non-hydrogen) atoms. The number of pyridine rings is 1. The van der Waals surface area contributed by atoms with E-state index in [9.17, 15) is 0 Å². The number of nitrogens with zero attached hydrogens (tertiary/aromatic N) is 1. The molecule has 0 unspecified atom stereocenters. The Balaban J connectivity index is 1.96. The third kappa shape index (κ3) is 2.03. The molecule has 1 nitrogen and oxygen atoms in total. The first kappa shape index (κ1) is 13.9. The lowest BCUT2D eigenvalue weighted by molar-refractivity contribution is 1.15. The molecule has 3 aromatic carbocycles. The molecular formula is C22H14BrN. The fourth-order valence-corrected chi connectivity index (χ4v) is 4.07. The molecule has 1 aromatic heterocycles. The lowest BCUT2D eigenvalue weighted by Gasteiger charge is -2.14. The van der Waals surface area contributed by atoms with E-state index in [2.05, 4.69) is 88.7 Å². The van der Waals surface area contributed by atoms with Crippen LogP contribution in [0.5, 0.6) is 0 Å². The molecule has 0 radical (unpaired) electrons. The van der Waals surface area contributed by atoms with Crippen LogP contribution in [0.15, 0.2) is 77.3 Å². The van der Waals surface area contributed by atoms with Crippen molar-refractivity contribution >= 4 is 26.8 Å². The van der Waals surface area contributed by atoms with Crippen LogP contribution in [-0.2, 0) is 6.42 Å². The predicted octanol–water partition coefficient (Wildman–Crippen LogP) is 6.24. The van der Waals surface area contributed by atoms with Crippen molar-refractivity contribution in [1.29, 1.82) is 0 Å². The number of hydrogen-bond acceptors (Lipinski definition) is 1. The third-order valence-electron chi connectivity index (χ3n) is 4.73. The lowest BCUT2D eigenvalue weighted by Crippen LogP contribution is -1.93. The summed E-state index contributed by atoms with van der Waals surface area (Å²) in [6.07, 6.45) is 0.914. The van der Waals surface area contributed by atoms with Crippen molar-refractivity contribution in [3.63, 3.8) is 0 Å². The Hall–Kier alpha value is -2.45. The van der Waals surface area contributed by atoms with Crippen molar-refractivity contribution in [3.05, 3.63) is 88.5 Å². The molecule has 0 fully saturated rings. The molecule has 0 saturated heterocycles. The van der Waals surface area contributed by atoms with Crippen LogP contribution in [0, 0.1) is 0 Å². The van der Waals surface area contributed by atoms with E-state index in [1.165, 1.54) is 38.9 Å². The molecule has 1 aliphatic rings. The highest BCUT2D eigenvalue weighted by Crippen LogP contribution is 2.45. The number of benzene rings is 3. The van der Waals surface area contributed by atoms with Crippen LogP contribution in [0.25, 0.3) is 33.2 Å². The minimum atomic E-state index is 0.914. The summed E-state index contributed by atoms with van der Waals surface area (Å²) < 4.78 is 1.08. The van der Waals surface area contributed by atoms with Gasteiger partial charge >= 0.3 is 0 Å². The van der Waals surface area contributed by atoms with Gasteiger partial charge in [-0.15, -0.1) is 0 Å². The van der Waals surface area contributed by atoms with Crippen molar-refractivity contribution in [1.82, 2.24) is 4.98 Å². The van der Waals surface area contributed by atoms with E-state index in [1.807, 2.05) is 0 Å². The highest BCUT2D eigenvalue weighted by molar-refractivity contribution is 9.10. The number of hydrogen-bond donors (Lipinski definition) is 0. The molecule has 0 N–H and O–H groups in total. The monoisotopic (exact) mass is 371 g/mol. The summed E-state index contributed by atoms with van der Waals surface area (Å²) >= 11 is 3.62. The first-order chi connectivity index (χ1) is 11.8. The smallest absolute Gasteiger partial charge is 0.0712 e. The number of halogens is 1. The zero-order chi connectivity index (χ0) is 16.1. The van der Waals surface area contributed by atoms with E-state index in [0.717, 1.165) is 16.4 Å². The molecule has 0 spiro atoms. The molecule has 1 heterocycles. The summed E-state index contributed by atoms with van der Waals surface area (Å²) in [6, 6.07) is 25.7. The Bertz CT molecular complexity index is 1080. The standard InChI is InChI=1S/C22H14BrN/c23-16-10-11-19-18(13-16)21(14-6-2-1-3-7-14)22-17-9-5-4-8-15(17)12-20(22)24-19/h1-11,13H,12H2. The molecule has 4 aromatic rings. The largest absolute Gasteiger partial charge is 0.252 e. The van der Waals surface area contributed by atoms with E-state index in [-0.39, 0.29) is 0 Å². The van der Waals surface area contributed by atoms with Gasteiger partial charge in [0, 0.05) is 27.4 Å². The van der Waals surface area contributed by atoms with Crippen molar-refractivity contribution in [3.8, 4) is 22.3 Å². The average Bonchev–Trinajstić information content (AvgIpc) is 2.98. The molecule has 1 aliphatic carbocycles. The molecular weight excluding hydrogens is 358 g/mol. The van der Waals surface area contributed by atoms with Crippen LogP contribution in [0.1, 0.15) is 11.3 Å². The quantitative estimate of drug-likeness (QED) is 0.340. The van der Waals surface area contributed by atoms with Crippen molar-refractivity contribution in [2.75, 3.05) is 0 Å². The average molecular weight is 372 g/mol. The molecule has 0 atom stereocenters. The fourth-order valence-electron chi connectivity index (χ4n) is 3.71. The van der Waals surface area contributed by atoms with Gasteiger partial charge in [-0.1, -0.05) is 70.5 Å². The Labute approximate surface area is 149 Å². The highest BCUT2D eigenvalue weighted by Gasteiger charge is 2.25. The number of aromatic nitrogens is 1. The van der Waals surface area contributed by atoms with Gasteiger partial charge in [-0.25, -0.2) is 0 Å². The fraction of sp³-hybridized carbons (Fsp3) is 0.0455. The summed E-state index contributed by atoms with van der Waals surface area (Å²) in [5.41, 5.74) is 8.76. The Morgan fingerprint density at radius 3 is 2.46 bits per heavy atom. The second kappa shape index (κ2) is 5.29. The van der Waals surface area contributed by atoms with Gasteiger partial charge in [0.1, 0.15) is 0 Å². The molecule has 114 valence electrons. The lowest BCUT2D eigenvalue weighted by atomic mass is 9.92. The van der Waals surface area contributed by atoms with Gasteiger partial charge in [0.25, 0.3) is 0 Å². The zero-order valence-corrected chi connectivity index (χ0v) is 14.5. The summed E-state index contributed by atoms with van der Waals surface area (Å²) in [5.74, 6) is 0. The first-order valence-corrected chi connectivity index (χ1v) is 8.86. The van der Waals surface area contributed by atoms with E-state index in [4.69, 9.17) is 4.98 Å². The number of rotatable bonds is 1. The minimum absolute atomic E-state index is 0.914. The second-order valence-corrected chi connectivity index (χ2v) is 7.09. The van der Waals surface area contributed by atoms with Crippen molar-refractivity contribution in [2.45, 2.75) is 6.42 Å². The molecule has 0 saturated carbocycles. The van der Waals surface area contributed by atoms with Crippen LogP contribution < -0.4 is 0 Å².